The molecule has 1 aliphatic heterocycles. The normalized spacial score (nSPS) is 32.6. The number of hydrogen-bond acceptors (Lipinski definition) is 4. The molecule has 0 radical (unpaired) electrons. The molecule has 1 aliphatic carbocycles. The first-order valence-electron chi connectivity index (χ1n) is 8.63. The Bertz CT molecular complexity index is 404. The molecule has 2 rings (SSSR count). The zero-order valence-corrected chi connectivity index (χ0v) is 14.5. The molecule has 0 aromatic carbocycles. The summed E-state index contributed by atoms with van der Waals surface area (Å²) in [6.45, 7) is 8.17. The van der Waals surface area contributed by atoms with Crippen molar-refractivity contribution in [3.63, 3.8) is 0 Å². The Morgan fingerprint density at radius 1 is 1.09 bits per heavy atom. The van der Waals surface area contributed by atoms with Crippen molar-refractivity contribution in [2.75, 3.05) is 0 Å². The van der Waals surface area contributed by atoms with Gasteiger partial charge in [0.15, 0.2) is 0 Å². The quantitative estimate of drug-likeness (QED) is 0.806. The number of piperidine rings is 1. The molecule has 22 heavy (non-hydrogen) atoms. The molecule has 0 bridgehead atoms. The molecule has 126 valence electrons. The largest absolute Gasteiger partial charge is 0.313 e. The van der Waals surface area contributed by atoms with Gasteiger partial charge in [-0.05, 0) is 72.1 Å². The highest BCUT2D eigenvalue weighted by Crippen LogP contribution is 2.42. The van der Waals surface area contributed by atoms with Crippen LogP contribution in [-0.2, 0) is 9.59 Å². The SMILES string of the molecule is CC1(C)CC(CC(=O)C2CCC(C=O)CC2)CC(C)(C)N1O. The van der Waals surface area contributed by atoms with Gasteiger partial charge in [-0.1, -0.05) is 0 Å². The fraction of sp³-hybridized carbons (Fsp3) is 0.889. The lowest BCUT2D eigenvalue weighted by molar-refractivity contribution is -0.251. The summed E-state index contributed by atoms with van der Waals surface area (Å²) in [5.74, 6) is 1.02. The van der Waals surface area contributed by atoms with Crippen molar-refractivity contribution >= 4 is 12.1 Å². The molecule has 1 N–H and O–H groups in total. The first-order chi connectivity index (χ1) is 10.2. The van der Waals surface area contributed by atoms with Crippen LogP contribution in [0.4, 0.5) is 0 Å². The van der Waals surface area contributed by atoms with Gasteiger partial charge in [0, 0.05) is 29.3 Å². The Kier molecular flexibility index (Phi) is 5.13. The van der Waals surface area contributed by atoms with Gasteiger partial charge in [-0.2, -0.15) is 5.06 Å². The van der Waals surface area contributed by atoms with Crippen LogP contribution < -0.4 is 0 Å². The summed E-state index contributed by atoms with van der Waals surface area (Å²) in [6, 6.07) is 0. The Labute approximate surface area is 134 Å². The fourth-order valence-corrected chi connectivity index (χ4v) is 4.65. The van der Waals surface area contributed by atoms with E-state index in [9.17, 15) is 14.8 Å². The molecule has 1 saturated carbocycles. The van der Waals surface area contributed by atoms with Crippen LogP contribution in [0.15, 0.2) is 0 Å². The van der Waals surface area contributed by atoms with Crippen molar-refractivity contribution in [1.82, 2.24) is 5.06 Å². The van der Waals surface area contributed by atoms with Gasteiger partial charge in [-0.3, -0.25) is 4.79 Å². The predicted octanol–water partition coefficient (Wildman–Crippen LogP) is 3.61. The van der Waals surface area contributed by atoms with E-state index < -0.39 is 0 Å². The van der Waals surface area contributed by atoms with Crippen molar-refractivity contribution in [3.05, 3.63) is 0 Å². The topological polar surface area (TPSA) is 57.6 Å². The molecule has 2 fully saturated rings. The monoisotopic (exact) mass is 309 g/mol. The minimum absolute atomic E-state index is 0.148. The molecule has 0 unspecified atom stereocenters. The number of nitrogens with zero attached hydrogens (tertiary/aromatic N) is 1. The number of rotatable bonds is 4. The second-order valence-corrected chi connectivity index (χ2v) is 8.63. The lowest BCUT2D eigenvalue weighted by Crippen LogP contribution is -2.59. The van der Waals surface area contributed by atoms with Gasteiger partial charge in [-0.15, -0.1) is 0 Å². The average Bonchev–Trinajstić information content (AvgIpc) is 2.44. The highest BCUT2D eigenvalue weighted by molar-refractivity contribution is 5.81. The highest BCUT2D eigenvalue weighted by Gasteiger charge is 2.45. The first kappa shape index (κ1) is 17.6. The van der Waals surface area contributed by atoms with Crippen molar-refractivity contribution in [3.8, 4) is 0 Å². The van der Waals surface area contributed by atoms with Gasteiger partial charge in [0.25, 0.3) is 0 Å². The van der Waals surface area contributed by atoms with E-state index in [1.54, 1.807) is 0 Å². The molecular weight excluding hydrogens is 278 g/mol. The van der Waals surface area contributed by atoms with Crippen LogP contribution in [0.3, 0.4) is 0 Å². The number of carbonyl (C=O) groups excluding carboxylic acids is 2. The van der Waals surface area contributed by atoms with Gasteiger partial charge in [0.2, 0.25) is 0 Å². The Balaban J connectivity index is 1.93. The smallest absolute Gasteiger partial charge is 0.136 e. The molecule has 1 saturated heterocycles. The van der Waals surface area contributed by atoms with E-state index in [1.807, 2.05) is 27.7 Å². The van der Waals surface area contributed by atoms with Crippen molar-refractivity contribution in [2.24, 2.45) is 17.8 Å². The molecular formula is C18H31NO3. The fourth-order valence-electron chi connectivity index (χ4n) is 4.65. The van der Waals surface area contributed by atoms with Gasteiger partial charge < -0.3 is 10.0 Å². The van der Waals surface area contributed by atoms with E-state index in [1.165, 1.54) is 5.06 Å². The minimum Gasteiger partial charge on any atom is -0.313 e. The third-order valence-corrected chi connectivity index (χ3v) is 5.63. The second kappa shape index (κ2) is 6.40. The summed E-state index contributed by atoms with van der Waals surface area (Å²) in [4.78, 5) is 23.4. The number of ketones is 1. The zero-order valence-electron chi connectivity index (χ0n) is 14.5. The van der Waals surface area contributed by atoms with Crippen molar-refractivity contribution < 1.29 is 14.8 Å². The number of hydrogen-bond donors (Lipinski definition) is 1. The van der Waals surface area contributed by atoms with Gasteiger partial charge in [0.05, 0.1) is 0 Å². The van der Waals surface area contributed by atoms with E-state index >= 15 is 0 Å². The van der Waals surface area contributed by atoms with Gasteiger partial charge in [-0.25, -0.2) is 0 Å². The molecule has 2 aliphatic rings. The molecule has 0 aromatic rings. The summed E-state index contributed by atoms with van der Waals surface area (Å²) < 4.78 is 0. The van der Waals surface area contributed by atoms with Gasteiger partial charge in [0.1, 0.15) is 12.1 Å². The van der Waals surface area contributed by atoms with Crippen LogP contribution in [0.25, 0.3) is 0 Å². The lowest BCUT2D eigenvalue weighted by Gasteiger charge is -2.51. The number of aldehydes is 1. The number of Topliss-reactive ketones (excluding diaryl/α,β-unsaturated/α-hetero) is 1. The number of hydroxylamine groups is 2. The maximum absolute atomic E-state index is 12.6. The summed E-state index contributed by atoms with van der Waals surface area (Å²) in [6.07, 6.45) is 6.84. The van der Waals surface area contributed by atoms with Crippen molar-refractivity contribution in [2.45, 2.75) is 83.7 Å². The van der Waals surface area contributed by atoms with E-state index in [2.05, 4.69) is 0 Å². The summed E-state index contributed by atoms with van der Waals surface area (Å²) in [5, 5.41) is 11.8. The Morgan fingerprint density at radius 2 is 1.59 bits per heavy atom. The maximum Gasteiger partial charge on any atom is 0.136 e. The molecule has 0 atom stereocenters. The first-order valence-corrected chi connectivity index (χ1v) is 8.63. The molecule has 0 spiro atoms. The average molecular weight is 309 g/mol. The molecule has 0 amide bonds. The molecule has 0 aromatic heterocycles. The molecule has 1 heterocycles. The van der Waals surface area contributed by atoms with Gasteiger partial charge >= 0.3 is 0 Å². The maximum atomic E-state index is 12.6. The lowest BCUT2D eigenvalue weighted by atomic mass is 9.71. The zero-order chi connectivity index (χ0) is 16.5. The van der Waals surface area contributed by atoms with E-state index in [4.69, 9.17) is 0 Å². The summed E-state index contributed by atoms with van der Waals surface area (Å²) in [7, 11) is 0. The van der Waals surface area contributed by atoms with E-state index in [0.717, 1.165) is 44.8 Å². The van der Waals surface area contributed by atoms with Crippen LogP contribution in [0.1, 0.15) is 72.6 Å². The van der Waals surface area contributed by atoms with E-state index in [-0.39, 0.29) is 22.9 Å². The van der Waals surface area contributed by atoms with Crippen molar-refractivity contribution in [1.29, 1.82) is 0 Å². The summed E-state index contributed by atoms with van der Waals surface area (Å²) in [5.41, 5.74) is -0.580. The van der Waals surface area contributed by atoms with Crippen LogP contribution in [0, 0.1) is 17.8 Å². The Morgan fingerprint density at radius 3 is 2.05 bits per heavy atom. The highest BCUT2D eigenvalue weighted by atomic mass is 16.5. The molecule has 4 heteroatoms. The van der Waals surface area contributed by atoms with Crippen LogP contribution in [0.5, 0.6) is 0 Å². The standard InChI is InChI=1S/C18H31NO3/c1-17(2)10-14(11-18(3,4)19(17)22)9-16(21)15-7-5-13(12-20)6-8-15/h12-15,22H,5-11H2,1-4H3. The second-order valence-electron chi connectivity index (χ2n) is 8.63. The van der Waals surface area contributed by atoms with Crippen LogP contribution in [0.2, 0.25) is 0 Å². The third-order valence-electron chi connectivity index (χ3n) is 5.63. The minimum atomic E-state index is -0.290. The summed E-state index contributed by atoms with van der Waals surface area (Å²) >= 11 is 0. The third kappa shape index (κ3) is 3.77. The number of carbonyl (C=O) groups is 2. The van der Waals surface area contributed by atoms with E-state index in [0.29, 0.717) is 18.1 Å². The Hall–Kier alpha value is -0.740. The molecule has 4 nitrogen and oxygen atoms in total. The van der Waals surface area contributed by atoms with Crippen LogP contribution in [-0.4, -0.2) is 33.4 Å². The predicted molar refractivity (Wildman–Crippen MR) is 85.6 cm³/mol. The van der Waals surface area contributed by atoms with Crippen LogP contribution >= 0.6 is 0 Å².